The van der Waals surface area contributed by atoms with Crippen LogP contribution in [0, 0.1) is 23.2 Å². The van der Waals surface area contributed by atoms with Crippen molar-refractivity contribution in [1.82, 2.24) is 15.1 Å². The number of carbonyl (C=O) groups excluding carboxylic acids is 1. The molecule has 6 heteroatoms. The Labute approximate surface area is 191 Å². The summed E-state index contributed by atoms with van der Waals surface area (Å²) in [4.78, 5) is 17.7. The zero-order valence-corrected chi connectivity index (χ0v) is 19.4. The van der Waals surface area contributed by atoms with Crippen LogP contribution in [0.1, 0.15) is 51.0 Å². The number of rotatable bonds is 6. The van der Waals surface area contributed by atoms with Crippen molar-refractivity contribution in [2.24, 2.45) is 23.2 Å². The number of nitrogens with zero attached hydrogens (tertiary/aromatic N) is 2. The molecular weight excluding hydrogens is 402 g/mol. The summed E-state index contributed by atoms with van der Waals surface area (Å²) < 4.78 is 10.9. The number of piperazine rings is 1. The van der Waals surface area contributed by atoms with E-state index in [0.717, 1.165) is 62.0 Å². The van der Waals surface area contributed by atoms with Gasteiger partial charge in [0.2, 0.25) is 12.7 Å². The SMILES string of the molecule is CC(NC(=O)CN1CCN(Cc2ccc3c(c2)OCO3)CC1)C12CC3CC(CC(C3)C1)C2. The molecule has 1 atom stereocenters. The van der Waals surface area contributed by atoms with Gasteiger partial charge < -0.3 is 14.8 Å². The summed E-state index contributed by atoms with van der Waals surface area (Å²) in [6.45, 7) is 7.94. The molecule has 0 radical (unpaired) electrons. The Kier molecular flexibility index (Phi) is 5.33. The lowest BCUT2D eigenvalue weighted by molar-refractivity contribution is -0.127. The van der Waals surface area contributed by atoms with E-state index in [1.165, 1.54) is 44.1 Å². The average molecular weight is 440 g/mol. The predicted molar refractivity (Wildman–Crippen MR) is 122 cm³/mol. The van der Waals surface area contributed by atoms with E-state index in [1.807, 2.05) is 6.07 Å². The second kappa shape index (κ2) is 8.21. The van der Waals surface area contributed by atoms with Gasteiger partial charge in [0.15, 0.2) is 11.5 Å². The molecule has 32 heavy (non-hydrogen) atoms. The number of carbonyl (C=O) groups is 1. The zero-order valence-electron chi connectivity index (χ0n) is 19.4. The van der Waals surface area contributed by atoms with Crippen molar-refractivity contribution in [1.29, 1.82) is 0 Å². The minimum absolute atomic E-state index is 0.220. The highest BCUT2D eigenvalue weighted by molar-refractivity contribution is 5.78. The van der Waals surface area contributed by atoms with E-state index >= 15 is 0 Å². The molecule has 2 aliphatic heterocycles. The number of amides is 1. The molecule has 7 rings (SSSR count). The summed E-state index contributed by atoms with van der Waals surface area (Å²) in [6, 6.07) is 6.53. The van der Waals surface area contributed by atoms with E-state index in [2.05, 4.69) is 34.2 Å². The van der Waals surface area contributed by atoms with Gasteiger partial charge in [-0.25, -0.2) is 0 Å². The predicted octanol–water partition coefficient (Wildman–Crippen LogP) is 3.25. The highest BCUT2D eigenvalue weighted by Crippen LogP contribution is 2.61. The van der Waals surface area contributed by atoms with Crippen molar-refractivity contribution in [3.63, 3.8) is 0 Å². The van der Waals surface area contributed by atoms with Gasteiger partial charge in [0.25, 0.3) is 0 Å². The van der Waals surface area contributed by atoms with Gasteiger partial charge in [0.05, 0.1) is 6.54 Å². The maximum Gasteiger partial charge on any atom is 0.234 e. The number of hydrogen-bond acceptors (Lipinski definition) is 5. The molecule has 1 aromatic carbocycles. The first-order valence-corrected chi connectivity index (χ1v) is 12.7. The van der Waals surface area contributed by atoms with Crippen LogP contribution in [-0.4, -0.2) is 61.3 Å². The zero-order chi connectivity index (χ0) is 21.7. The van der Waals surface area contributed by atoms with Crippen molar-refractivity contribution >= 4 is 5.91 Å². The Hall–Kier alpha value is -1.79. The molecule has 1 unspecified atom stereocenters. The molecule has 1 amide bonds. The first-order chi connectivity index (χ1) is 15.5. The molecule has 6 nitrogen and oxygen atoms in total. The third-order valence-electron chi connectivity index (χ3n) is 9.06. The fourth-order valence-electron chi connectivity index (χ4n) is 7.75. The monoisotopic (exact) mass is 439 g/mol. The normalized spacial score (nSPS) is 34.6. The molecule has 4 aliphatic carbocycles. The average Bonchev–Trinajstić information content (AvgIpc) is 3.22. The Balaban J connectivity index is 0.972. The minimum Gasteiger partial charge on any atom is -0.454 e. The minimum atomic E-state index is 0.220. The Morgan fingerprint density at radius 1 is 1.00 bits per heavy atom. The second-order valence-electron chi connectivity index (χ2n) is 11.3. The van der Waals surface area contributed by atoms with Crippen LogP contribution in [-0.2, 0) is 11.3 Å². The maximum atomic E-state index is 12.9. The lowest BCUT2D eigenvalue weighted by atomic mass is 9.48. The van der Waals surface area contributed by atoms with Crippen LogP contribution in [0.5, 0.6) is 11.5 Å². The lowest BCUT2D eigenvalue weighted by Gasteiger charge is -2.59. The summed E-state index contributed by atoms with van der Waals surface area (Å²) in [5.41, 5.74) is 1.64. The topological polar surface area (TPSA) is 54.0 Å². The van der Waals surface area contributed by atoms with E-state index in [-0.39, 0.29) is 5.91 Å². The van der Waals surface area contributed by atoms with E-state index < -0.39 is 0 Å². The molecule has 1 saturated heterocycles. The smallest absolute Gasteiger partial charge is 0.234 e. The second-order valence-corrected chi connectivity index (χ2v) is 11.3. The standard InChI is InChI=1S/C26H37N3O3/c1-18(26-12-20-8-21(13-26)10-22(9-20)14-26)27-25(30)16-29-6-4-28(5-7-29)15-19-2-3-23-24(11-19)32-17-31-23/h2-3,11,18,20-22H,4-10,12-17H2,1H3,(H,27,30). The number of benzene rings is 1. The van der Waals surface area contributed by atoms with Crippen LogP contribution < -0.4 is 14.8 Å². The van der Waals surface area contributed by atoms with Gasteiger partial charge in [0, 0.05) is 38.8 Å². The van der Waals surface area contributed by atoms with Crippen molar-refractivity contribution in [3.05, 3.63) is 23.8 Å². The van der Waals surface area contributed by atoms with Gasteiger partial charge in [-0.2, -0.15) is 0 Å². The molecule has 5 fully saturated rings. The lowest BCUT2D eigenvalue weighted by Crippen LogP contribution is -2.57. The maximum absolute atomic E-state index is 12.9. The molecule has 0 aromatic heterocycles. The van der Waals surface area contributed by atoms with E-state index in [9.17, 15) is 4.79 Å². The van der Waals surface area contributed by atoms with Gasteiger partial charge in [-0.3, -0.25) is 14.6 Å². The Morgan fingerprint density at radius 2 is 1.62 bits per heavy atom. The van der Waals surface area contributed by atoms with Gasteiger partial charge >= 0.3 is 0 Å². The Bertz CT molecular complexity index is 829. The first-order valence-electron chi connectivity index (χ1n) is 12.7. The molecule has 2 heterocycles. The highest BCUT2D eigenvalue weighted by Gasteiger charge is 2.53. The number of nitrogens with one attached hydrogen (secondary N) is 1. The first kappa shape index (κ1) is 20.8. The van der Waals surface area contributed by atoms with Gasteiger partial charge in [-0.15, -0.1) is 0 Å². The largest absolute Gasteiger partial charge is 0.454 e. The van der Waals surface area contributed by atoms with Crippen LogP contribution in [0.25, 0.3) is 0 Å². The van der Waals surface area contributed by atoms with E-state index in [1.54, 1.807) is 0 Å². The van der Waals surface area contributed by atoms with Crippen LogP contribution >= 0.6 is 0 Å². The van der Waals surface area contributed by atoms with Crippen LogP contribution in [0.15, 0.2) is 18.2 Å². The summed E-state index contributed by atoms with van der Waals surface area (Å²) in [5, 5.41) is 3.44. The molecular formula is C26H37N3O3. The van der Waals surface area contributed by atoms with Crippen LogP contribution in [0.4, 0.5) is 0 Å². The molecule has 174 valence electrons. The molecule has 1 N–H and O–H groups in total. The molecule has 0 spiro atoms. The molecule has 4 bridgehead atoms. The highest BCUT2D eigenvalue weighted by atomic mass is 16.7. The third-order valence-corrected chi connectivity index (χ3v) is 9.06. The molecule has 6 aliphatic rings. The molecule has 4 saturated carbocycles. The molecule has 1 aromatic rings. The number of fused-ring (bicyclic) bond motifs is 1. The fourth-order valence-corrected chi connectivity index (χ4v) is 7.75. The summed E-state index contributed by atoms with van der Waals surface area (Å²) in [6.07, 6.45) is 8.40. The van der Waals surface area contributed by atoms with Crippen molar-refractivity contribution in [2.75, 3.05) is 39.5 Å². The summed E-state index contributed by atoms with van der Waals surface area (Å²) in [5.74, 6) is 4.70. The van der Waals surface area contributed by atoms with Crippen LogP contribution in [0.2, 0.25) is 0 Å². The van der Waals surface area contributed by atoms with E-state index in [4.69, 9.17) is 9.47 Å². The quantitative estimate of drug-likeness (QED) is 0.738. The summed E-state index contributed by atoms with van der Waals surface area (Å²) >= 11 is 0. The van der Waals surface area contributed by atoms with Crippen molar-refractivity contribution in [2.45, 2.75) is 58.0 Å². The van der Waals surface area contributed by atoms with Crippen LogP contribution in [0.3, 0.4) is 0 Å². The van der Waals surface area contributed by atoms with Gasteiger partial charge in [0.1, 0.15) is 0 Å². The van der Waals surface area contributed by atoms with E-state index in [0.29, 0.717) is 24.8 Å². The van der Waals surface area contributed by atoms with Crippen molar-refractivity contribution in [3.8, 4) is 11.5 Å². The summed E-state index contributed by atoms with van der Waals surface area (Å²) in [7, 11) is 0. The van der Waals surface area contributed by atoms with Gasteiger partial charge in [-0.1, -0.05) is 6.07 Å². The fraction of sp³-hybridized carbons (Fsp3) is 0.731. The third kappa shape index (κ3) is 4.01. The van der Waals surface area contributed by atoms with Crippen molar-refractivity contribution < 1.29 is 14.3 Å². The number of ether oxygens (including phenoxy) is 2. The Morgan fingerprint density at radius 3 is 2.31 bits per heavy atom. The number of hydrogen-bond donors (Lipinski definition) is 1. The van der Waals surface area contributed by atoms with Gasteiger partial charge in [-0.05, 0) is 86.3 Å².